The minimum Gasteiger partial charge on any atom is -0.322 e. The molecule has 0 saturated carbocycles. The van der Waals surface area contributed by atoms with E-state index in [0.29, 0.717) is 21.9 Å². The first-order valence-corrected chi connectivity index (χ1v) is 12.7. The van der Waals surface area contributed by atoms with E-state index in [2.05, 4.69) is 15.5 Å². The van der Waals surface area contributed by atoms with Gasteiger partial charge >= 0.3 is 0 Å². The molecule has 0 bridgehead atoms. The van der Waals surface area contributed by atoms with Crippen molar-refractivity contribution in [1.82, 2.24) is 10.2 Å². The first-order valence-electron chi connectivity index (χ1n) is 10.3. The van der Waals surface area contributed by atoms with Gasteiger partial charge in [-0.1, -0.05) is 47.7 Å². The fraction of sp³-hybridized carbons (Fsp3) is 0.0800. The number of rotatable bonds is 7. The zero-order valence-corrected chi connectivity index (χ0v) is 20.2. The van der Waals surface area contributed by atoms with E-state index in [-0.39, 0.29) is 10.8 Å². The zero-order valence-electron chi connectivity index (χ0n) is 18.5. The number of aryl methyl sites for hydroxylation is 1. The highest BCUT2D eigenvalue weighted by Crippen LogP contribution is 2.28. The number of nitrogens with zero attached hydrogens (tertiary/aromatic N) is 3. The largest absolute Gasteiger partial charge is 0.322 e. The number of aromatic nitrogens is 2. The minimum absolute atomic E-state index is 0.140. The highest BCUT2D eigenvalue weighted by molar-refractivity contribution is 7.92. The SMILES string of the molecule is Cc1cccc(N(C)S(=O)(=O)c2cccc(/C=C/C(=O)Nc3ccccc3-c3nncs3)c2)c1. The number of carbonyl (C=O) groups excluding carboxylic acids is 1. The van der Waals surface area contributed by atoms with Gasteiger partial charge in [0.15, 0.2) is 0 Å². The first-order chi connectivity index (χ1) is 16.3. The Balaban J connectivity index is 1.52. The van der Waals surface area contributed by atoms with Crippen molar-refractivity contribution in [1.29, 1.82) is 0 Å². The van der Waals surface area contributed by atoms with Crippen molar-refractivity contribution >= 4 is 44.7 Å². The molecule has 1 heterocycles. The van der Waals surface area contributed by atoms with Crippen LogP contribution in [-0.2, 0) is 14.8 Å². The van der Waals surface area contributed by atoms with Crippen molar-refractivity contribution in [3.8, 4) is 10.6 Å². The Morgan fingerprint density at radius 2 is 1.82 bits per heavy atom. The van der Waals surface area contributed by atoms with Gasteiger partial charge in [-0.2, -0.15) is 0 Å². The van der Waals surface area contributed by atoms with Crippen LogP contribution in [0.1, 0.15) is 11.1 Å². The highest BCUT2D eigenvalue weighted by atomic mass is 32.2. The average molecular weight is 491 g/mol. The average Bonchev–Trinajstić information content (AvgIpc) is 3.38. The van der Waals surface area contributed by atoms with Crippen LogP contribution in [0.3, 0.4) is 0 Å². The molecule has 1 amide bonds. The van der Waals surface area contributed by atoms with Crippen LogP contribution in [0.25, 0.3) is 16.6 Å². The van der Waals surface area contributed by atoms with Crippen LogP contribution in [0.4, 0.5) is 11.4 Å². The van der Waals surface area contributed by atoms with Gasteiger partial charge in [0.1, 0.15) is 10.5 Å². The molecule has 172 valence electrons. The van der Waals surface area contributed by atoms with Crippen LogP contribution >= 0.6 is 11.3 Å². The van der Waals surface area contributed by atoms with Crippen molar-refractivity contribution in [2.45, 2.75) is 11.8 Å². The van der Waals surface area contributed by atoms with Gasteiger partial charge in [0, 0.05) is 18.7 Å². The summed E-state index contributed by atoms with van der Waals surface area (Å²) in [5.74, 6) is -0.345. The Kier molecular flexibility index (Phi) is 6.85. The van der Waals surface area contributed by atoms with E-state index in [1.54, 1.807) is 41.9 Å². The molecular weight excluding hydrogens is 468 g/mol. The third-order valence-electron chi connectivity index (χ3n) is 5.08. The summed E-state index contributed by atoms with van der Waals surface area (Å²) in [6.07, 6.45) is 2.95. The highest BCUT2D eigenvalue weighted by Gasteiger charge is 2.21. The van der Waals surface area contributed by atoms with Crippen LogP contribution in [0.5, 0.6) is 0 Å². The number of sulfonamides is 1. The van der Waals surface area contributed by atoms with Crippen molar-refractivity contribution in [2.24, 2.45) is 0 Å². The summed E-state index contributed by atoms with van der Waals surface area (Å²) < 4.78 is 27.5. The van der Waals surface area contributed by atoms with Crippen LogP contribution in [0.2, 0.25) is 0 Å². The summed E-state index contributed by atoms with van der Waals surface area (Å²) in [5, 5.41) is 11.5. The molecule has 4 aromatic rings. The standard InChI is InChI=1S/C25H22N4O3S2/c1-18-7-5-9-20(15-18)29(2)34(31,32)21-10-6-8-19(16-21)13-14-24(30)27-23-12-4-3-11-22(23)25-28-26-17-33-25/h3-17H,1-2H3,(H,27,30)/b14-13+. The predicted octanol–water partition coefficient (Wildman–Crippen LogP) is 4.99. The monoisotopic (exact) mass is 490 g/mol. The first kappa shape index (κ1) is 23.3. The smallest absolute Gasteiger partial charge is 0.264 e. The molecule has 1 N–H and O–H groups in total. The van der Waals surface area contributed by atoms with Crippen molar-refractivity contribution in [2.75, 3.05) is 16.7 Å². The fourth-order valence-corrected chi connectivity index (χ4v) is 5.15. The van der Waals surface area contributed by atoms with Crippen LogP contribution in [0, 0.1) is 6.92 Å². The normalized spacial score (nSPS) is 11.5. The number of para-hydroxylation sites is 1. The van der Waals surface area contributed by atoms with Crippen molar-refractivity contribution in [3.63, 3.8) is 0 Å². The number of nitrogens with one attached hydrogen (secondary N) is 1. The molecule has 3 aromatic carbocycles. The number of benzene rings is 3. The lowest BCUT2D eigenvalue weighted by Gasteiger charge is -2.20. The summed E-state index contributed by atoms with van der Waals surface area (Å²) in [6.45, 7) is 1.91. The van der Waals surface area contributed by atoms with Crippen LogP contribution < -0.4 is 9.62 Å². The fourth-order valence-electron chi connectivity index (χ4n) is 3.31. The maximum Gasteiger partial charge on any atom is 0.264 e. The van der Waals surface area contributed by atoms with E-state index in [0.717, 1.165) is 11.1 Å². The molecule has 0 radical (unpaired) electrons. The summed E-state index contributed by atoms with van der Waals surface area (Å²) in [4.78, 5) is 12.7. The number of hydrogen-bond donors (Lipinski definition) is 1. The van der Waals surface area contributed by atoms with Gasteiger partial charge in [-0.05, 0) is 60.5 Å². The molecular formula is C25H22N4O3S2. The number of amides is 1. The summed E-state index contributed by atoms with van der Waals surface area (Å²) in [7, 11) is -2.24. The molecule has 0 saturated heterocycles. The number of anilines is 2. The second-order valence-electron chi connectivity index (χ2n) is 7.50. The number of hydrogen-bond acceptors (Lipinski definition) is 6. The lowest BCUT2D eigenvalue weighted by atomic mass is 10.2. The molecule has 4 rings (SSSR count). The Morgan fingerprint density at radius 3 is 2.59 bits per heavy atom. The van der Waals surface area contributed by atoms with Gasteiger partial charge in [-0.3, -0.25) is 9.10 Å². The maximum atomic E-state index is 13.1. The molecule has 0 fully saturated rings. The van der Waals surface area contributed by atoms with E-state index >= 15 is 0 Å². The van der Waals surface area contributed by atoms with E-state index in [1.165, 1.54) is 34.8 Å². The number of carbonyl (C=O) groups is 1. The summed E-state index contributed by atoms with van der Waals surface area (Å²) in [6, 6.07) is 21.1. The second kappa shape index (κ2) is 9.98. The molecule has 0 aliphatic carbocycles. The van der Waals surface area contributed by atoms with Crippen molar-refractivity contribution in [3.05, 3.63) is 95.5 Å². The van der Waals surface area contributed by atoms with Gasteiger partial charge in [-0.25, -0.2) is 8.42 Å². The third-order valence-corrected chi connectivity index (χ3v) is 7.59. The van der Waals surface area contributed by atoms with Gasteiger partial charge in [0.25, 0.3) is 10.0 Å². The van der Waals surface area contributed by atoms with Gasteiger partial charge in [0.05, 0.1) is 16.3 Å². The Hall–Kier alpha value is -3.82. The maximum absolute atomic E-state index is 13.1. The topological polar surface area (TPSA) is 92.3 Å². The van der Waals surface area contributed by atoms with Gasteiger partial charge in [-0.15, -0.1) is 10.2 Å². The molecule has 9 heteroatoms. The summed E-state index contributed by atoms with van der Waals surface area (Å²) >= 11 is 1.38. The quantitative estimate of drug-likeness (QED) is 0.369. The Morgan fingerprint density at radius 1 is 1.03 bits per heavy atom. The molecule has 0 aliphatic rings. The lowest BCUT2D eigenvalue weighted by Crippen LogP contribution is -2.26. The van der Waals surface area contributed by atoms with E-state index in [9.17, 15) is 13.2 Å². The predicted molar refractivity (Wildman–Crippen MR) is 136 cm³/mol. The van der Waals surface area contributed by atoms with E-state index in [1.807, 2.05) is 43.3 Å². The van der Waals surface area contributed by atoms with E-state index < -0.39 is 10.0 Å². The molecule has 1 aromatic heterocycles. The molecule has 0 unspecified atom stereocenters. The molecule has 0 aliphatic heterocycles. The molecule has 0 spiro atoms. The Labute approximate surface area is 202 Å². The molecule has 0 atom stereocenters. The zero-order chi connectivity index (χ0) is 24.1. The van der Waals surface area contributed by atoms with E-state index in [4.69, 9.17) is 0 Å². The molecule has 7 nitrogen and oxygen atoms in total. The van der Waals surface area contributed by atoms with Gasteiger partial charge in [0.2, 0.25) is 5.91 Å². The van der Waals surface area contributed by atoms with Crippen LogP contribution in [-0.4, -0.2) is 31.6 Å². The second-order valence-corrected chi connectivity index (χ2v) is 10.3. The third kappa shape index (κ3) is 5.22. The van der Waals surface area contributed by atoms with Crippen molar-refractivity contribution < 1.29 is 13.2 Å². The minimum atomic E-state index is -3.76. The summed E-state index contributed by atoms with van der Waals surface area (Å²) in [5.41, 5.74) is 5.16. The van der Waals surface area contributed by atoms with Crippen LogP contribution in [0.15, 0.2) is 89.3 Å². The van der Waals surface area contributed by atoms with Gasteiger partial charge < -0.3 is 5.32 Å². The lowest BCUT2D eigenvalue weighted by molar-refractivity contribution is -0.111. The molecule has 34 heavy (non-hydrogen) atoms. The Bertz CT molecular complexity index is 1450.